The maximum atomic E-state index is 12.7. The molecule has 27 heavy (non-hydrogen) atoms. The molecule has 0 spiro atoms. The van der Waals surface area contributed by atoms with Crippen LogP contribution in [0.2, 0.25) is 0 Å². The lowest BCUT2D eigenvalue weighted by Crippen LogP contribution is -2.52. The monoisotopic (exact) mass is 378 g/mol. The highest BCUT2D eigenvalue weighted by Gasteiger charge is 2.28. The van der Waals surface area contributed by atoms with Crippen molar-refractivity contribution in [2.45, 2.75) is 38.8 Å². The van der Waals surface area contributed by atoms with Crippen LogP contribution in [0.3, 0.4) is 0 Å². The van der Waals surface area contributed by atoms with E-state index >= 15 is 0 Å². The van der Waals surface area contributed by atoms with Crippen LogP contribution >= 0.6 is 0 Å². The Hall–Kier alpha value is -1.57. The fourth-order valence-electron chi connectivity index (χ4n) is 4.23. The molecule has 3 heterocycles. The zero-order valence-electron chi connectivity index (χ0n) is 16.7. The molecule has 2 saturated heterocycles. The van der Waals surface area contributed by atoms with Crippen molar-refractivity contribution in [3.8, 4) is 0 Å². The molecule has 1 N–H and O–H groups in total. The number of piperidine rings is 1. The number of nitrogens with one attached hydrogen (secondary N) is 1. The van der Waals surface area contributed by atoms with Crippen LogP contribution in [0.5, 0.6) is 0 Å². The van der Waals surface area contributed by atoms with Gasteiger partial charge in [-0.05, 0) is 38.1 Å². The SMILES string of the molecule is CCN(CC)[C@H](CNC(=O)N1CCC(N2CCOCC2)CC1)c1ccco1. The number of ether oxygens (including phenoxy) is 1. The summed E-state index contributed by atoms with van der Waals surface area (Å²) in [5, 5.41) is 3.14. The fourth-order valence-corrected chi connectivity index (χ4v) is 4.23. The number of carbonyl (C=O) groups is 1. The molecule has 1 aromatic heterocycles. The van der Waals surface area contributed by atoms with Crippen LogP contribution in [0, 0.1) is 0 Å². The molecule has 1 aromatic rings. The van der Waals surface area contributed by atoms with Gasteiger partial charge >= 0.3 is 6.03 Å². The van der Waals surface area contributed by atoms with E-state index in [9.17, 15) is 4.79 Å². The summed E-state index contributed by atoms with van der Waals surface area (Å²) < 4.78 is 11.1. The summed E-state index contributed by atoms with van der Waals surface area (Å²) in [5.41, 5.74) is 0. The van der Waals surface area contributed by atoms with Gasteiger partial charge in [0.15, 0.2) is 0 Å². The molecule has 1 atom stereocenters. The van der Waals surface area contributed by atoms with Crippen molar-refractivity contribution < 1.29 is 13.9 Å². The molecule has 3 rings (SSSR count). The fraction of sp³-hybridized carbons (Fsp3) is 0.750. The number of furan rings is 1. The standard InChI is InChI=1S/C20H34N4O3/c1-3-22(4-2)18(19-6-5-13-27-19)16-21-20(25)24-9-7-17(8-10-24)23-11-14-26-15-12-23/h5-6,13,17-18H,3-4,7-12,14-16H2,1-2H3,(H,21,25)/t18-/m1/s1. The Morgan fingerprint density at radius 1 is 1.22 bits per heavy atom. The third kappa shape index (κ3) is 5.24. The van der Waals surface area contributed by atoms with Gasteiger partial charge in [0, 0.05) is 38.8 Å². The number of amides is 2. The molecule has 0 bridgehead atoms. The second-order valence-corrected chi connectivity index (χ2v) is 7.31. The maximum absolute atomic E-state index is 12.7. The zero-order valence-corrected chi connectivity index (χ0v) is 16.7. The van der Waals surface area contributed by atoms with Crippen molar-refractivity contribution in [3.63, 3.8) is 0 Å². The van der Waals surface area contributed by atoms with Crippen LogP contribution in [-0.2, 0) is 4.74 Å². The summed E-state index contributed by atoms with van der Waals surface area (Å²) in [5.74, 6) is 0.907. The van der Waals surface area contributed by atoms with Crippen LogP contribution in [0.15, 0.2) is 22.8 Å². The van der Waals surface area contributed by atoms with Crippen LogP contribution in [-0.4, -0.2) is 85.8 Å². The molecule has 7 heteroatoms. The quantitative estimate of drug-likeness (QED) is 0.788. The Kier molecular flexibility index (Phi) is 7.55. The molecule has 2 fully saturated rings. The number of likely N-dealkylation sites (N-methyl/N-ethyl adjacent to an activating group) is 1. The number of nitrogens with zero attached hydrogens (tertiary/aromatic N) is 3. The minimum atomic E-state index is 0.0409. The number of morpholine rings is 1. The Labute approximate surface area is 162 Å². The van der Waals surface area contributed by atoms with Crippen molar-refractivity contribution in [2.24, 2.45) is 0 Å². The highest BCUT2D eigenvalue weighted by atomic mass is 16.5. The van der Waals surface area contributed by atoms with E-state index in [-0.39, 0.29) is 12.1 Å². The van der Waals surface area contributed by atoms with Gasteiger partial charge in [0.1, 0.15) is 5.76 Å². The number of rotatable bonds is 7. The van der Waals surface area contributed by atoms with E-state index in [4.69, 9.17) is 9.15 Å². The summed E-state index contributed by atoms with van der Waals surface area (Å²) >= 11 is 0. The minimum Gasteiger partial charge on any atom is -0.468 e. The van der Waals surface area contributed by atoms with Crippen LogP contribution in [0.25, 0.3) is 0 Å². The van der Waals surface area contributed by atoms with Gasteiger partial charge in [-0.1, -0.05) is 13.8 Å². The molecule has 0 unspecified atom stereocenters. The zero-order chi connectivity index (χ0) is 19.1. The summed E-state index contributed by atoms with van der Waals surface area (Å²) in [6, 6.07) is 4.60. The largest absolute Gasteiger partial charge is 0.468 e. The molecular weight excluding hydrogens is 344 g/mol. The number of hydrogen-bond donors (Lipinski definition) is 1. The Morgan fingerprint density at radius 3 is 2.52 bits per heavy atom. The van der Waals surface area contributed by atoms with E-state index in [1.807, 2.05) is 17.0 Å². The molecule has 0 aliphatic carbocycles. The summed E-state index contributed by atoms with van der Waals surface area (Å²) in [7, 11) is 0. The smallest absolute Gasteiger partial charge is 0.317 e. The molecule has 0 saturated carbocycles. The summed E-state index contributed by atoms with van der Waals surface area (Å²) in [4.78, 5) is 19.5. The molecule has 7 nitrogen and oxygen atoms in total. The van der Waals surface area contributed by atoms with Crippen molar-refractivity contribution in [1.82, 2.24) is 20.0 Å². The second-order valence-electron chi connectivity index (χ2n) is 7.31. The highest BCUT2D eigenvalue weighted by Crippen LogP contribution is 2.21. The van der Waals surface area contributed by atoms with Crippen molar-refractivity contribution in [1.29, 1.82) is 0 Å². The van der Waals surface area contributed by atoms with Crippen molar-refractivity contribution >= 4 is 6.03 Å². The predicted octanol–water partition coefficient (Wildman–Crippen LogP) is 2.17. The average Bonchev–Trinajstić information content (AvgIpc) is 3.26. The van der Waals surface area contributed by atoms with E-state index < -0.39 is 0 Å². The van der Waals surface area contributed by atoms with Gasteiger partial charge in [-0.15, -0.1) is 0 Å². The molecule has 0 radical (unpaired) electrons. The number of likely N-dealkylation sites (tertiary alicyclic amines) is 1. The molecule has 152 valence electrons. The number of hydrogen-bond acceptors (Lipinski definition) is 5. The Morgan fingerprint density at radius 2 is 1.93 bits per heavy atom. The first kappa shape index (κ1) is 20.2. The normalized spacial score (nSPS) is 20.8. The third-order valence-electron chi connectivity index (χ3n) is 5.89. The number of urea groups is 1. The molecule has 2 amide bonds. The van der Waals surface area contributed by atoms with Crippen LogP contribution < -0.4 is 5.32 Å². The second kappa shape index (κ2) is 10.1. The van der Waals surface area contributed by atoms with Crippen LogP contribution in [0.1, 0.15) is 38.5 Å². The van der Waals surface area contributed by atoms with Gasteiger partial charge in [-0.25, -0.2) is 4.79 Å². The summed E-state index contributed by atoms with van der Waals surface area (Å²) in [6.45, 7) is 12.0. The van der Waals surface area contributed by atoms with Gasteiger partial charge in [0.25, 0.3) is 0 Å². The van der Waals surface area contributed by atoms with E-state index in [0.29, 0.717) is 12.6 Å². The van der Waals surface area contributed by atoms with Crippen molar-refractivity contribution in [2.75, 3.05) is 59.0 Å². The van der Waals surface area contributed by atoms with E-state index in [0.717, 1.165) is 71.1 Å². The predicted molar refractivity (Wildman–Crippen MR) is 105 cm³/mol. The van der Waals surface area contributed by atoms with Crippen molar-refractivity contribution in [3.05, 3.63) is 24.2 Å². The summed E-state index contributed by atoms with van der Waals surface area (Å²) in [6.07, 6.45) is 3.79. The average molecular weight is 379 g/mol. The van der Waals surface area contributed by atoms with Gasteiger partial charge < -0.3 is 19.4 Å². The van der Waals surface area contributed by atoms with E-state index in [1.54, 1.807) is 6.26 Å². The van der Waals surface area contributed by atoms with Gasteiger partial charge in [0.2, 0.25) is 0 Å². The van der Waals surface area contributed by atoms with Gasteiger partial charge in [-0.2, -0.15) is 0 Å². The first-order valence-electron chi connectivity index (χ1n) is 10.3. The lowest BCUT2D eigenvalue weighted by atomic mass is 10.0. The van der Waals surface area contributed by atoms with E-state index in [1.165, 1.54) is 0 Å². The highest BCUT2D eigenvalue weighted by molar-refractivity contribution is 5.74. The van der Waals surface area contributed by atoms with E-state index in [2.05, 4.69) is 29.0 Å². The lowest BCUT2D eigenvalue weighted by Gasteiger charge is -2.40. The first-order chi connectivity index (χ1) is 13.2. The minimum absolute atomic E-state index is 0.0409. The maximum Gasteiger partial charge on any atom is 0.317 e. The Balaban J connectivity index is 1.48. The lowest BCUT2D eigenvalue weighted by molar-refractivity contribution is 0.00375. The first-order valence-corrected chi connectivity index (χ1v) is 10.3. The topological polar surface area (TPSA) is 61.2 Å². The number of carbonyl (C=O) groups excluding carboxylic acids is 1. The molecule has 0 aromatic carbocycles. The Bertz CT molecular complexity index is 548. The van der Waals surface area contributed by atoms with Crippen LogP contribution in [0.4, 0.5) is 4.79 Å². The molecule has 2 aliphatic rings. The molecule has 2 aliphatic heterocycles. The molecular formula is C20H34N4O3. The van der Waals surface area contributed by atoms with Gasteiger partial charge in [-0.3, -0.25) is 9.80 Å². The van der Waals surface area contributed by atoms with Gasteiger partial charge in [0.05, 0.1) is 25.5 Å². The third-order valence-corrected chi connectivity index (χ3v) is 5.89.